The van der Waals surface area contributed by atoms with Gasteiger partial charge >= 0.3 is 5.97 Å². The monoisotopic (exact) mass is 229 g/mol. The Balaban J connectivity index is 4.17. The molecule has 0 rings (SSSR count). The zero-order valence-electron chi connectivity index (χ0n) is 9.46. The highest BCUT2D eigenvalue weighted by atomic mass is 28.1. The summed E-state index contributed by atoms with van der Waals surface area (Å²) >= 11 is 0. The van der Waals surface area contributed by atoms with E-state index in [1.165, 1.54) is 0 Å². The number of hydrogen-bond donors (Lipinski definition) is 0. The number of carbonyl (C=O) groups is 1. The molecule has 0 aromatic rings. The maximum atomic E-state index is 11.1. The number of ether oxygens (including phenoxy) is 3. The molecule has 0 N–H and O–H groups in total. The molecule has 0 bridgehead atoms. The number of hydrogen-bond acceptors (Lipinski definition) is 4. The average molecular weight is 229 g/mol. The topological polar surface area (TPSA) is 44.8 Å². The van der Waals surface area contributed by atoms with E-state index in [0.717, 1.165) is 0 Å². The van der Waals surface area contributed by atoms with Gasteiger partial charge in [0.15, 0.2) is 5.41 Å². The van der Waals surface area contributed by atoms with Gasteiger partial charge in [-0.15, -0.1) is 0 Å². The van der Waals surface area contributed by atoms with E-state index in [1.54, 1.807) is 6.92 Å². The number of rotatable bonds is 7. The van der Waals surface area contributed by atoms with Crippen LogP contribution in [0, 0.1) is 0 Å². The SMILES string of the molecule is C=C(C)C(=O)OCC([Si])(OCC)OCC. The lowest BCUT2D eigenvalue weighted by atomic mass is 10.4. The quantitative estimate of drug-likeness (QED) is 0.283. The van der Waals surface area contributed by atoms with E-state index in [1.807, 2.05) is 13.8 Å². The smallest absolute Gasteiger partial charge is 0.333 e. The molecule has 3 radical (unpaired) electrons. The predicted molar refractivity (Wildman–Crippen MR) is 57.5 cm³/mol. The molecule has 0 atom stereocenters. The van der Waals surface area contributed by atoms with Crippen molar-refractivity contribution >= 4 is 16.2 Å². The third-order valence-corrected chi connectivity index (χ3v) is 1.93. The molecule has 0 aliphatic heterocycles. The first kappa shape index (κ1) is 14.3. The lowest BCUT2D eigenvalue weighted by molar-refractivity contribution is -0.203. The van der Waals surface area contributed by atoms with Gasteiger partial charge in [0.05, 0.1) is 0 Å². The highest BCUT2D eigenvalue weighted by Gasteiger charge is 2.27. The van der Waals surface area contributed by atoms with E-state index < -0.39 is 11.4 Å². The van der Waals surface area contributed by atoms with Crippen LogP contribution in [0.5, 0.6) is 0 Å². The van der Waals surface area contributed by atoms with Crippen LogP contribution in [0.3, 0.4) is 0 Å². The number of esters is 1. The third kappa shape index (κ3) is 5.71. The Morgan fingerprint density at radius 1 is 1.33 bits per heavy atom. The van der Waals surface area contributed by atoms with Gasteiger partial charge in [-0.3, -0.25) is 0 Å². The standard InChI is InChI=1S/C10H17O4Si/c1-5-13-10(15,14-6-2)7-12-9(11)8(3)4/h3,5-7H2,1-2,4H3. The van der Waals surface area contributed by atoms with Gasteiger partial charge in [0, 0.05) is 18.8 Å². The summed E-state index contributed by atoms with van der Waals surface area (Å²) in [6.07, 6.45) is 0. The van der Waals surface area contributed by atoms with E-state index in [0.29, 0.717) is 18.8 Å². The molecule has 0 aliphatic carbocycles. The van der Waals surface area contributed by atoms with Crippen LogP contribution in [0.15, 0.2) is 12.2 Å². The van der Waals surface area contributed by atoms with Gasteiger partial charge < -0.3 is 14.2 Å². The van der Waals surface area contributed by atoms with Crippen LogP contribution in [0.2, 0.25) is 0 Å². The molecule has 0 saturated heterocycles. The lowest BCUT2D eigenvalue weighted by Gasteiger charge is -2.28. The predicted octanol–water partition coefficient (Wildman–Crippen LogP) is 1.00. The first-order chi connectivity index (χ1) is 6.95. The lowest BCUT2D eigenvalue weighted by Crippen LogP contribution is -2.42. The zero-order valence-corrected chi connectivity index (χ0v) is 10.5. The second-order valence-corrected chi connectivity index (χ2v) is 3.74. The summed E-state index contributed by atoms with van der Waals surface area (Å²) in [6, 6.07) is 0. The Labute approximate surface area is 94.0 Å². The zero-order chi connectivity index (χ0) is 11.9. The van der Waals surface area contributed by atoms with Crippen LogP contribution >= 0.6 is 0 Å². The van der Waals surface area contributed by atoms with Crippen molar-refractivity contribution in [1.29, 1.82) is 0 Å². The molecule has 0 aliphatic rings. The number of carbonyl (C=O) groups excluding carboxylic acids is 1. The summed E-state index contributed by atoms with van der Waals surface area (Å²) in [7, 11) is 3.29. The molecule has 0 saturated carbocycles. The maximum absolute atomic E-state index is 11.1. The van der Waals surface area contributed by atoms with E-state index in [-0.39, 0.29) is 6.61 Å². The molecule has 0 heterocycles. The van der Waals surface area contributed by atoms with Crippen molar-refractivity contribution in [3.8, 4) is 0 Å². The Morgan fingerprint density at radius 2 is 1.80 bits per heavy atom. The molecular weight excluding hydrogens is 212 g/mol. The highest BCUT2D eigenvalue weighted by molar-refractivity contribution is 6.13. The first-order valence-corrected chi connectivity index (χ1v) is 5.30. The Morgan fingerprint density at radius 3 is 2.13 bits per heavy atom. The van der Waals surface area contributed by atoms with Gasteiger partial charge in [-0.05, 0) is 20.8 Å². The highest BCUT2D eigenvalue weighted by Crippen LogP contribution is 2.10. The van der Waals surface area contributed by atoms with Gasteiger partial charge in [0.25, 0.3) is 0 Å². The Kier molecular flexibility index (Phi) is 6.47. The molecule has 0 unspecified atom stereocenters. The summed E-state index contributed by atoms with van der Waals surface area (Å²) < 4.78 is 15.5. The Bertz CT molecular complexity index is 221. The van der Waals surface area contributed by atoms with Crippen LogP contribution in [0.25, 0.3) is 0 Å². The summed E-state index contributed by atoms with van der Waals surface area (Å²) in [4.78, 5) is 11.1. The fourth-order valence-electron chi connectivity index (χ4n) is 0.875. The van der Waals surface area contributed by atoms with Crippen molar-refractivity contribution < 1.29 is 19.0 Å². The fourth-order valence-corrected chi connectivity index (χ4v) is 1.24. The van der Waals surface area contributed by atoms with Crippen molar-refractivity contribution in [2.45, 2.75) is 26.2 Å². The fraction of sp³-hybridized carbons (Fsp3) is 0.700. The molecule has 0 fully saturated rings. The minimum atomic E-state index is -1.06. The molecule has 0 spiro atoms. The van der Waals surface area contributed by atoms with E-state index in [2.05, 4.69) is 16.8 Å². The minimum Gasteiger partial charge on any atom is -0.457 e. The molecule has 15 heavy (non-hydrogen) atoms. The van der Waals surface area contributed by atoms with Crippen molar-refractivity contribution in [3.63, 3.8) is 0 Å². The second kappa shape index (κ2) is 6.76. The molecule has 85 valence electrons. The van der Waals surface area contributed by atoms with Gasteiger partial charge in [-0.1, -0.05) is 6.58 Å². The van der Waals surface area contributed by atoms with Crippen LogP contribution in [0.1, 0.15) is 20.8 Å². The summed E-state index contributed by atoms with van der Waals surface area (Å²) in [6.45, 7) is 9.60. The summed E-state index contributed by atoms with van der Waals surface area (Å²) in [5.41, 5.74) is -0.716. The molecule has 5 heteroatoms. The average Bonchev–Trinajstić information content (AvgIpc) is 2.15. The summed E-state index contributed by atoms with van der Waals surface area (Å²) in [5.74, 6) is -0.461. The normalized spacial score (nSPS) is 11.2. The van der Waals surface area contributed by atoms with Crippen molar-refractivity contribution in [2.75, 3.05) is 19.8 Å². The largest absolute Gasteiger partial charge is 0.457 e. The molecule has 0 aromatic carbocycles. The van der Waals surface area contributed by atoms with E-state index in [4.69, 9.17) is 14.2 Å². The maximum Gasteiger partial charge on any atom is 0.333 e. The molecule has 0 aromatic heterocycles. The van der Waals surface area contributed by atoms with Crippen LogP contribution < -0.4 is 0 Å². The third-order valence-electron chi connectivity index (χ3n) is 1.50. The van der Waals surface area contributed by atoms with Crippen LogP contribution in [-0.4, -0.2) is 41.4 Å². The Hall–Kier alpha value is -0.653. The molecule has 4 nitrogen and oxygen atoms in total. The minimum absolute atomic E-state index is 0.0166. The summed E-state index contributed by atoms with van der Waals surface area (Å²) in [5, 5.41) is 0. The molecular formula is C10H17O4Si. The molecule has 0 amide bonds. The van der Waals surface area contributed by atoms with Gasteiger partial charge in [-0.2, -0.15) is 0 Å². The van der Waals surface area contributed by atoms with Crippen LogP contribution in [0.4, 0.5) is 0 Å². The second-order valence-electron chi connectivity index (χ2n) is 2.98. The van der Waals surface area contributed by atoms with Crippen molar-refractivity contribution in [3.05, 3.63) is 12.2 Å². The van der Waals surface area contributed by atoms with E-state index >= 15 is 0 Å². The van der Waals surface area contributed by atoms with Crippen molar-refractivity contribution in [1.82, 2.24) is 0 Å². The van der Waals surface area contributed by atoms with Gasteiger partial charge in [0.2, 0.25) is 0 Å². The van der Waals surface area contributed by atoms with Gasteiger partial charge in [0.1, 0.15) is 16.8 Å². The van der Waals surface area contributed by atoms with E-state index in [9.17, 15) is 4.79 Å². The van der Waals surface area contributed by atoms with Crippen LogP contribution in [-0.2, 0) is 19.0 Å². The van der Waals surface area contributed by atoms with Crippen molar-refractivity contribution in [2.24, 2.45) is 0 Å². The van der Waals surface area contributed by atoms with Gasteiger partial charge in [-0.25, -0.2) is 4.79 Å². The first-order valence-electron chi connectivity index (χ1n) is 4.80.